The van der Waals surface area contributed by atoms with Gasteiger partial charge in [-0.1, -0.05) is 18.8 Å². The molecule has 0 bridgehead atoms. The maximum atomic E-state index is 13.9. The van der Waals surface area contributed by atoms with E-state index < -0.39 is 5.82 Å². The van der Waals surface area contributed by atoms with E-state index in [-0.39, 0.29) is 24.1 Å². The van der Waals surface area contributed by atoms with Gasteiger partial charge in [0.15, 0.2) is 0 Å². The van der Waals surface area contributed by atoms with Gasteiger partial charge in [-0.15, -0.1) is 0 Å². The second kappa shape index (κ2) is 7.24. The number of benzene rings is 1. The van der Waals surface area contributed by atoms with Crippen molar-refractivity contribution in [1.29, 1.82) is 0 Å². The Labute approximate surface area is 124 Å². The molecule has 0 aromatic heterocycles. The molecule has 3 nitrogen and oxygen atoms in total. The van der Waals surface area contributed by atoms with Crippen LogP contribution in [0, 0.1) is 17.7 Å². The molecule has 0 aliphatic carbocycles. The molecule has 1 atom stereocenters. The number of aliphatic hydroxyl groups excluding tert-OH is 1. The lowest BCUT2D eigenvalue weighted by molar-refractivity contribution is 0.0607. The van der Waals surface area contributed by atoms with Crippen molar-refractivity contribution in [2.75, 3.05) is 13.2 Å². The topological polar surface area (TPSA) is 40.5 Å². The van der Waals surface area contributed by atoms with Crippen LogP contribution >= 0.6 is 0 Å². The van der Waals surface area contributed by atoms with Crippen LogP contribution in [-0.4, -0.2) is 35.1 Å². The second-order valence-corrected chi connectivity index (χ2v) is 5.21. The van der Waals surface area contributed by atoms with E-state index in [1.165, 1.54) is 12.1 Å². The molecule has 4 heteroatoms. The molecule has 1 unspecified atom stereocenters. The molecule has 1 heterocycles. The minimum atomic E-state index is -0.521. The molecule has 1 amide bonds. The largest absolute Gasteiger partial charge is 0.384 e. The maximum absolute atomic E-state index is 13.9. The first-order valence-corrected chi connectivity index (χ1v) is 7.37. The molecule has 1 fully saturated rings. The van der Waals surface area contributed by atoms with Gasteiger partial charge < -0.3 is 10.0 Å². The molecule has 0 saturated carbocycles. The van der Waals surface area contributed by atoms with Crippen LogP contribution in [-0.2, 0) is 0 Å². The summed E-state index contributed by atoms with van der Waals surface area (Å²) in [5, 5.41) is 8.63. The number of aliphatic hydroxyl groups is 1. The number of nitrogens with zero attached hydrogens (tertiary/aromatic N) is 1. The van der Waals surface area contributed by atoms with E-state index in [0.29, 0.717) is 5.56 Å². The summed E-state index contributed by atoms with van der Waals surface area (Å²) in [6, 6.07) is 4.60. The van der Waals surface area contributed by atoms with Gasteiger partial charge in [0.1, 0.15) is 12.4 Å². The average Bonchev–Trinajstić information content (AvgIpc) is 2.53. The van der Waals surface area contributed by atoms with Crippen molar-refractivity contribution >= 4 is 5.91 Å². The summed E-state index contributed by atoms with van der Waals surface area (Å²) in [4.78, 5) is 14.4. The number of halogens is 1. The van der Waals surface area contributed by atoms with Gasteiger partial charge in [0.25, 0.3) is 5.91 Å². The Morgan fingerprint density at radius 2 is 2.29 bits per heavy atom. The summed E-state index contributed by atoms with van der Waals surface area (Å²) in [6.07, 6.45) is 4.09. The van der Waals surface area contributed by atoms with E-state index >= 15 is 0 Å². The van der Waals surface area contributed by atoms with Gasteiger partial charge >= 0.3 is 0 Å². The molecule has 1 aromatic rings. The van der Waals surface area contributed by atoms with Crippen molar-refractivity contribution in [1.82, 2.24) is 4.90 Å². The van der Waals surface area contributed by atoms with Gasteiger partial charge in [0.05, 0.1) is 5.56 Å². The lowest BCUT2D eigenvalue weighted by atomic mass is 9.98. The summed E-state index contributed by atoms with van der Waals surface area (Å²) >= 11 is 0. The molecule has 21 heavy (non-hydrogen) atoms. The fraction of sp³-hybridized carbons (Fsp3) is 0.471. The van der Waals surface area contributed by atoms with Gasteiger partial charge in [-0.05, 0) is 43.9 Å². The number of likely N-dealkylation sites (tertiary alicyclic amines) is 1. The average molecular weight is 289 g/mol. The Morgan fingerprint density at radius 3 is 2.95 bits per heavy atom. The third-order valence-electron chi connectivity index (χ3n) is 3.88. The zero-order chi connectivity index (χ0) is 15.2. The van der Waals surface area contributed by atoms with Crippen LogP contribution in [0.5, 0.6) is 0 Å². The summed E-state index contributed by atoms with van der Waals surface area (Å²) in [7, 11) is 0. The predicted octanol–water partition coefficient (Wildman–Crippen LogP) is 2.57. The Kier molecular flexibility index (Phi) is 5.35. The minimum Gasteiger partial charge on any atom is -0.384 e. The van der Waals surface area contributed by atoms with Gasteiger partial charge in [-0.3, -0.25) is 4.79 Å². The Balaban J connectivity index is 2.21. The second-order valence-electron chi connectivity index (χ2n) is 5.21. The van der Waals surface area contributed by atoms with Crippen LogP contribution in [0.4, 0.5) is 4.39 Å². The van der Waals surface area contributed by atoms with E-state index in [0.717, 1.165) is 32.2 Å². The molecule has 1 N–H and O–H groups in total. The Bertz CT molecular complexity index is 574. The number of piperidine rings is 1. The SMILES string of the molecule is CCC1CCCCN1C(=O)c1ccc(C#CCO)c(F)c1. The molecule has 0 spiro atoms. The van der Waals surface area contributed by atoms with Crippen molar-refractivity contribution < 1.29 is 14.3 Å². The molecule has 0 radical (unpaired) electrons. The predicted molar refractivity (Wildman–Crippen MR) is 79.3 cm³/mol. The molecular weight excluding hydrogens is 269 g/mol. The van der Waals surface area contributed by atoms with Crippen LogP contribution in [0.1, 0.15) is 48.5 Å². The highest BCUT2D eigenvalue weighted by atomic mass is 19.1. The van der Waals surface area contributed by atoms with Crippen molar-refractivity contribution in [2.24, 2.45) is 0 Å². The number of hydrogen-bond donors (Lipinski definition) is 1. The summed E-state index contributed by atoms with van der Waals surface area (Å²) in [5.74, 6) is 4.30. The summed E-state index contributed by atoms with van der Waals surface area (Å²) < 4.78 is 13.9. The zero-order valence-electron chi connectivity index (χ0n) is 12.2. The molecule has 112 valence electrons. The fourth-order valence-corrected chi connectivity index (χ4v) is 2.74. The van der Waals surface area contributed by atoms with Crippen molar-refractivity contribution in [3.8, 4) is 11.8 Å². The van der Waals surface area contributed by atoms with E-state index in [1.54, 1.807) is 6.07 Å². The van der Waals surface area contributed by atoms with Crippen molar-refractivity contribution in [3.63, 3.8) is 0 Å². The number of rotatable bonds is 2. The van der Waals surface area contributed by atoms with E-state index in [4.69, 9.17) is 5.11 Å². The number of amides is 1. The standard InChI is InChI=1S/C17H20FNO2/c1-2-15-7-3-4-10-19(15)17(21)14-9-8-13(6-5-11-20)16(18)12-14/h8-9,12,15,20H,2-4,7,10-11H2,1H3. The van der Waals surface area contributed by atoms with Gasteiger partial charge in [0, 0.05) is 18.2 Å². The summed E-state index contributed by atoms with van der Waals surface area (Å²) in [6.45, 7) is 2.50. The Morgan fingerprint density at radius 1 is 1.48 bits per heavy atom. The minimum absolute atomic E-state index is 0.109. The first-order chi connectivity index (χ1) is 10.2. The zero-order valence-corrected chi connectivity index (χ0v) is 12.2. The highest BCUT2D eigenvalue weighted by Crippen LogP contribution is 2.22. The van der Waals surface area contributed by atoms with Gasteiger partial charge in [0.2, 0.25) is 0 Å². The monoisotopic (exact) mass is 289 g/mol. The third kappa shape index (κ3) is 3.62. The van der Waals surface area contributed by atoms with Gasteiger partial charge in [-0.25, -0.2) is 4.39 Å². The highest BCUT2D eigenvalue weighted by molar-refractivity contribution is 5.94. The third-order valence-corrected chi connectivity index (χ3v) is 3.88. The molecule has 1 aliphatic rings. The normalized spacial score (nSPS) is 18.0. The van der Waals surface area contributed by atoms with E-state index in [2.05, 4.69) is 18.8 Å². The molecule has 1 aliphatic heterocycles. The maximum Gasteiger partial charge on any atom is 0.254 e. The van der Waals surface area contributed by atoms with E-state index in [9.17, 15) is 9.18 Å². The van der Waals surface area contributed by atoms with Gasteiger partial charge in [-0.2, -0.15) is 0 Å². The van der Waals surface area contributed by atoms with Crippen LogP contribution in [0.2, 0.25) is 0 Å². The smallest absolute Gasteiger partial charge is 0.254 e. The molecule has 1 saturated heterocycles. The first kappa shape index (κ1) is 15.5. The first-order valence-electron chi connectivity index (χ1n) is 7.37. The Hall–Kier alpha value is -1.86. The lowest BCUT2D eigenvalue weighted by Crippen LogP contribution is -2.43. The van der Waals surface area contributed by atoms with Crippen molar-refractivity contribution in [3.05, 3.63) is 35.1 Å². The highest BCUT2D eigenvalue weighted by Gasteiger charge is 2.26. The van der Waals surface area contributed by atoms with Crippen LogP contribution in [0.3, 0.4) is 0 Å². The molecular formula is C17H20FNO2. The van der Waals surface area contributed by atoms with Crippen LogP contribution in [0.15, 0.2) is 18.2 Å². The number of carbonyl (C=O) groups excluding carboxylic acids is 1. The summed E-state index contributed by atoms with van der Waals surface area (Å²) in [5.41, 5.74) is 0.564. The lowest BCUT2D eigenvalue weighted by Gasteiger charge is -2.35. The fourth-order valence-electron chi connectivity index (χ4n) is 2.74. The van der Waals surface area contributed by atoms with E-state index in [1.807, 2.05) is 4.90 Å². The number of hydrogen-bond acceptors (Lipinski definition) is 2. The molecule has 2 rings (SSSR count). The quantitative estimate of drug-likeness (QED) is 0.850. The number of carbonyl (C=O) groups is 1. The van der Waals surface area contributed by atoms with Crippen molar-refractivity contribution in [2.45, 2.75) is 38.6 Å². The van der Waals surface area contributed by atoms with Crippen LogP contribution in [0.25, 0.3) is 0 Å². The van der Waals surface area contributed by atoms with Crippen LogP contribution < -0.4 is 0 Å². The molecule has 1 aromatic carbocycles.